The van der Waals surface area contributed by atoms with Crippen molar-refractivity contribution in [3.05, 3.63) is 96.4 Å². The van der Waals surface area contributed by atoms with E-state index in [0.717, 1.165) is 28.2 Å². The molecule has 0 radical (unpaired) electrons. The van der Waals surface area contributed by atoms with E-state index in [-0.39, 0.29) is 18.6 Å². The molecular formula is C26H22N4O4. The number of hydrogen-bond acceptors (Lipinski definition) is 7. The fourth-order valence-corrected chi connectivity index (χ4v) is 3.83. The van der Waals surface area contributed by atoms with Crippen LogP contribution in [0.4, 0.5) is 0 Å². The first-order valence-electron chi connectivity index (χ1n) is 10.8. The van der Waals surface area contributed by atoms with Crippen LogP contribution in [0.25, 0.3) is 11.5 Å². The lowest BCUT2D eigenvalue weighted by atomic mass is 9.98. The van der Waals surface area contributed by atoms with Crippen LogP contribution < -0.4 is 9.47 Å². The summed E-state index contributed by atoms with van der Waals surface area (Å²) in [7, 11) is 1.63. The van der Waals surface area contributed by atoms with Gasteiger partial charge in [-0.05, 0) is 47.5 Å². The summed E-state index contributed by atoms with van der Waals surface area (Å²) < 4.78 is 16.2. The zero-order chi connectivity index (χ0) is 23.3. The fourth-order valence-electron chi connectivity index (χ4n) is 3.83. The van der Waals surface area contributed by atoms with Crippen molar-refractivity contribution < 1.29 is 18.7 Å². The molecule has 0 aliphatic carbocycles. The van der Waals surface area contributed by atoms with Gasteiger partial charge in [0.2, 0.25) is 12.3 Å². The molecule has 170 valence electrons. The summed E-state index contributed by atoms with van der Waals surface area (Å²) >= 11 is 0. The van der Waals surface area contributed by atoms with Crippen LogP contribution >= 0.6 is 0 Å². The molecule has 0 spiro atoms. The zero-order valence-electron chi connectivity index (χ0n) is 18.5. The van der Waals surface area contributed by atoms with Gasteiger partial charge in [-0.25, -0.2) is 5.01 Å². The molecular weight excluding hydrogens is 432 g/mol. The molecule has 34 heavy (non-hydrogen) atoms. The number of hydrogen-bond donors (Lipinski definition) is 0. The number of aromatic nitrogens is 2. The van der Waals surface area contributed by atoms with Crippen molar-refractivity contribution in [3.8, 4) is 23.0 Å². The monoisotopic (exact) mass is 454 g/mol. The van der Waals surface area contributed by atoms with Crippen molar-refractivity contribution in [2.75, 3.05) is 13.7 Å². The molecule has 0 bridgehead atoms. The highest BCUT2D eigenvalue weighted by Crippen LogP contribution is 2.33. The third-order valence-corrected chi connectivity index (χ3v) is 5.60. The van der Waals surface area contributed by atoms with Crippen molar-refractivity contribution in [2.45, 2.75) is 12.5 Å². The predicted molar refractivity (Wildman–Crippen MR) is 125 cm³/mol. The van der Waals surface area contributed by atoms with Gasteiger partial charge in [-0.3, -0.25) is 4.79 Å². The number of ether oxygens (including phenoxy) is 2. The molecule has 1 amide bonds. The van der Waals surface area contributed by atoms with E-state index < -0.39 is 0 Å². The number of methoxy groups -OCH3 is 1. The van der Waals surface area contributed by atoms with Crippen LogP contribution in [0.2, 0.25) is 0 Å². The Morgan fingerprint density at radius 1 is 0.971 bits per heavy atom. The second-order valence-corrected chi connectivity index (χ2v) is 7.70. The summed E-state index contributed by atoms with van der Waals surface area (Å²) in [5.41, 5.74) is 3.60. The Morgan fingerprint density at radius 3 is 2.38 bits per heavy atom. The van der Waals surface area contributed by atoms with Crippen LogP contribution in [0.15, 0.2) is 94.8 Å². The SMILES string of the molecule is COc1ccc([C@@H]2CC(c3ccccc3)=NN2C(=O)COc2ccc(-c3nnco3)cc2)cc1. The minimum atomic E-state index is -0.229. The number of rotatable bonds is 7. The smallest absolute Gasteiger partial charge is 0.281 e. The van der Waals surface area contributed by atoms with Crippen LogP contribution in [0.1, 0.15) is 23.6 Å². The number of amides is 1. The Labute approximate surface area is 196 Å². The first kappa shape index (κ1) is 21.4. The van der Waals surface area contributed by atoms with Crippen LogP contribution in [0.5, 0.6) is 11.5 Å². The van der Waals surface area contributed by atoms with Crippen LogP contribution in [-0.4, -0.2) is 40.5 Å². The average molecular weight is 454 g/mol. The molecule has 1 aliphatic rings. The summed E-state index contributed by atoms with van der Waals surface area (Å²) in [6, 6.07) is 24.5. The van der Waals surface area contributed by atoms with Gasteiger partial charge >= 0.3 is 0 Å². The Bertz CT molecular complexity index is 1270. The molecule has 2 heterocycles. The molecule has 0 fully saturated rings. The summed E-state index contributed by atoms with van der Waals surface area (Å²) in [5.74, 6) is 1.51. The van der Waals surface area contributed by atoms with Crippen LogP contribution in [0.3, 0.4) is 0 Å². The van der Waals surface area contributed by atoms with Gasteiger partial charge in [-0.1, -0.05) is 42.5 Å². The largest absolute Gasteiger partial charge is 0.497 e. The molecule has 1 aliphatic heterocycles. The number of carbonyl (C=O) groups excluding carboxylic acids is 1. The molecule has 0 saturated carbocycles. The summed E-state index contributed by atoms with van der Waals surface area (Å²) in [6.45, 7) is -0.141. The molecule has 0 unspecified atom stereocenters. The fraction of sp³-hybridized carbons (Fsp3) is 0.154. The molecule has 8 heteroatoms. The lowest BCUT2D eigenvalue weighted by Crippen LogP contribution is -2.31. The molecule has 3 aromatic carbocycles. The van der Waals surface area contributed by atoms with E-state index in [1.165, 1.54) is 11.4 Å². The van der Waals surface area contributed by atoms with Gasteiger partial charge in [-0.15, -0.1) is 10.2 Å². The number of carbonyl (C=O) groups is 1. The van der Waals surface area contributed by atoms with Gasteiger partial charge < -0.3 is 13.9 Å². The summed E-state index contributed by atoms with van der Waals surface area (Å²) in [5, 5.41) is 13.8. The van der Waals surface area contributed by atoms with E-state index in [4.69, 9.17) is 13.9 Å². The van der Waals surface area contributed by atoms with Crippen molar-refractivity contribution in [1.82, 2.24) is 15.2 Å². The van der Waals surface area contributed by atoms with Crippen molar-refractivity contribution >= 4 is 11.6 Å². The molecule has 1 aromatic heterocycles. The van der Waals surface area contributed by atoms with E-state index >= 15 is 0 Å². The van der Waals surface area contributed by atoms with E-state index in [0.29, 0.717) is 18.1 Å². The Morgan fingerprint density at radius 2 is 1.71 bits per heavy atom. The number of nitrogens with zero attached hydrogens (tertiary/aromatic N) is 4. The van der Waals surface area contributed by atoms with Gasteiger partial charge in [0.1, 0.15) is 11.5 Å². The third-order valence-electron chi connectivity index (χ3n) is 5.60. The highest BCUT2D eigenvalue weighted by atomic mass is 16.5. The first-order chi connectivity index (χ1) is 16.7. The lowest BCUT2D eigenvalue weighted by molar-refractivity contribution is -0.135. The summed E-state index contributed by atoms with van der Waals surface area (Å²) in [4.78, 5) is 13.2. The van der Waals surface area contributed by atoms with E-state index in [1.807, 2.05) is 54.6 Å². The topological polar surface area (TPSA) is 90.0 Å². The minimum absolute atomic E-state index is 0.141. The minimum Gasteiger partial charge on any atom is -0.497 e. The van der Waals surface area contributed by atoms with Crippen molar-refractivity contribution in [2.24, 2.45) is 5.10 Å². The molecule has 0 N–H and O–H groups in total. The second-order valence-electron chi connectivity index (χ2n) is 7.70. The Kier molecular flexibility index (Phi) is 6.03. The van der Waals surface area contributed by atoms with Gasteiger partial charge in [0, 0.05) is 12.0 Å². The average Bonchev–Trinajstić information content (AvgIpc) is 3.59. The quantitative estimate of drug-likeness (QED) is 0.408. The molecule has 8 nitrogen and oxygen atoms in total. The maximum Gasteiger partial charge on any atom is 0.281 e. The zero-order valence-corrected chi connectivity index (χ0v) is 18.5. The normalized spacial score (nSPS) is 15.1. The molecule has 0 saturated heterocycles. The van der Waals surface area contributed by atoms with E-state index in [9.17, 15) is 4.79 Å². The van der Waals surface area contributed by atoms with Gasteiger partial charge in [0.05, 0.1) is 18.9 Å². The highest BCUT2D eigenvalue weighted by Gasteiger charge is 2.33. The third kappa shape index (κ3) is 4.52. The van der Waals surface area contributed by atoms with Crippen LogP contribution in [-0.2, 0) is 4.79 Å². The van der Waals surface area contributed by atoms with Crippen molar-refractivity contribution in [1.29, 1.82) is 0 Å². The lowest BCUT2D eigenvalue weighted by Gasteiger charge is -2.22. The predicted octanol–water partition coefficient (Wildman–Crippen LogP) is 4.50. The maximum atomic E-state index is 13.2. The van der Waals surface area contributed by atoms with Gasteiger partial charge in [0.15, 0.2) is 6.61 Å². The molecule has 1 atom stereocenters. The van der Waals surface area contributed by atoms with Crippen molar-refractivity contribution in [3.63, 3.8) is 0 Å². The second kappa shape index (κ2) is 9.58. The Balaban J connectivity index is 1.33. The Hall–Kier alpha value is -4.46. The van der Waals surface area contributed by atoms with E-state index in [1.54, 1.807) is 31.4 Å². The maximum absolute atomic E-state index is 13.2. The summed E-state index contributed by atoms with van der Waals surface area (Å²) in [6.07, 6.45) is 1.89. The van der Waals surface area contributed by atoms with E-state index in [2.05, 4.69) is 15.3 Å². The molecule has 4 aromatic rings. The molecule has 5 rings (SSSR count). The number of benzene rings is 3. The van der Waals surface area contributed by atoms with Gasteiger partial charge in [-0.2, -0.15) is 5.10 Å². The first-order valence-corrected chi connectivity index (χ1v) is 10.8. The highest BCUT2D eigenvalue weighted by molar-refractivity contribution is 6.03. The number of hydrazone groups is 1. The van der Waals surface area contributed by atoms with Crippen LogP contribution in [0, 0.1) is 0 Å². The standard InChI is InChI=1S/C26H22N4O4/c1-32-21-11-7-19(8-12-21)24-15-23(18-5-3-2-4-6-18)29-30(24)25(31)16-33-22-13-9-20(10-14-22)26-28-27-17-34-26/h2-14,17,24H,15-16H2,1H3/t24-/m0/s1. The van der Waals surface area contributed by atoms with Gasteiger partial charge in [0.25, 0.3) is 5.91 Å².